The lowest BCUT2D eigenvalue weighted by molar-refractivity contribution is -0.843. The maximum Gasteiger partial charge on any atom is 0.340 e. The van der Waals surface area contributed by atoms with Gasteiger partial charge in [0.15, 0.2) is 18.4 Å². The van der Waals surface area contributed by atoms with Gasteiger partial charge in [0.25, 0.3) is 0 Å². The lowest BCUT2D eigenvalue weighted by atomic mass is 9.78. The number of aliphatic hydroxyl groups excluding tert-OH is 3. The zero-order valence-corrected chi connectivity index (χ0v) is 29.7. The zero-order valence-electron chi connectivity index (χ0n) is 29.7. The van der Waals surface area contributed by atoms with Crippen molar-refractivity contribution < 1.29 is 73.9 Å². The predicted molar refractivity (Wildman–Crippen MR) is 184 cm³/mol. The summed E-state index contributed by atoms with van der Waals surface area (Å²) in [4.78, 5) is 30.6. The molecule has 8 unspecified atom stereocenters. The van der Waals surface area contributed by atoms with Gasteiger partial charge in [-0.1, -0.05) is 12.5 Å². The van der Waals surface area contributed by atoms with Crippen molar-refractivity contribution in [2.75, 3.05) is 47.1 Å². The third-order valence-electron chi connectivity index (χ3n) is 9.53. The van der Waals surface area contributed by atoms with Crippen LogP contribution in [0.1, 0.15) is 32.1 Å². The first-order chi connectivity index (χ1) is 25.2. The van der Waals surface area contributed by atoms with Crippen LogP contribution in [0.4, 0.5) is 0 Å². The zero-order chi connectivity index (χ0) is 38.9. The number of carboxylic acid groups (broad SMARTS) is 1. The Morgan fingerprint density at radius 3 is 2.51 bits per heavy atom. The first-order valence-corrected chi connectivity index (χ1v) is 17.3. The first-order valence-electron chi connectivity index (χ1n) is 17.3. The normalized spacial score (nSPS) is 32.5. The van der Waals surface area contributed by atoms with E-state index in [1.165, 1.54) is 32.3 Å². The Morgan fingerprint density at radius 1 is 1.19 bits per heavy atom. The second-order valence-electron chi connectivity index (χ2n) is 13.1. The SMILES string of the molecule is C=CC1C(OC2OC(CO)C(O)C(O)(O)C2OCNC)OC=C(C(=O)OC2CCCCC2)C1(O)C=CC1=C[NH+](CCO)CC(C(=O)O)=C1NC(N)=NC. The Morgan fingerprint density at radius 2 is 1.91 bits per heavy atom. The van der Waals surface area contributed by atoms with Crippen LogP contribution in [0.5, 0.6) is 0 Å². The molecule has 4 aliphatic rings. The van der Waals surface area contributed by atoms with Crippen LogP contribution < -0.4 is 21.3 Å². The second kappa shape index (κ2) is 18.5. The van der Waals surface area contributed by atoms with Crippen molar-refractivity contribution in [3.63, 3.8) is 0 Å². The molecule has 0 radical (unpaired) electrons. The van der Waals surface area contributed by atoms with Gasteiger partial charge < -0.3 is 75.4 Å². The number of ether oxygens (including phenoxy) is 5. The van der Waals surface area contributed by atoms with Crippen molar-refractivity contribution in [2.45, 2.75) is 80.5 Å². The van der Waals surface area contributed by atoms with E-state index in [4.69, 9.17) is 29.4 Å². The van der Waals surface area contributed by atoms with Crippen LogP contribution in [0.15, 0.2) is 64.7 Å². The Balaban J connectivity index is 1.80. The van der Waals surface area contributed by atoms with E-state index < -0.39 is 72.8 Å². The molecule has 1 aliphatic carbocycles. The van der Waals surface area contributed by atoms with Gasteiger partial charge in [-0.15, -0.1) is 6.58 Å². The number of carbonyl (C=O) groups is 2. The monoisotopic (exact) mass is 754 g/mol. The highest BCUT2D eigenvalue weighted by atomic mass is 16.8. The summed E-state index contributed by atoms with van der Waals surface area (Å²) in [6.45, 7) is 2.57. The molecule has 0 aromatic carbocycles. The Kier molecular flexibility index (Phi) is 14.7. The number of aliphatic hydroxyl groups is 6. The fourth-order valence-electron chi connectivity index (χ4n) is 6.63. The van der Waals surface area contributed by atoms with E-state index in [0.717, 1.165) is 25.5 Å². The van der Waals surface area contributed by atoms with Gasteiger partial charge in [-0.2, -0.15) is 0 Å². The first kappa shape index (κ1) is 42.0. The third-order valence-corrected chi connectivity index (χ3v) is 9.53. The number of aliphatic carboxylic acids is 1. The number of allylic oxidation sites excluding steroid dienone is 1. The lowest BCUT2D eigenvalue weighted by Crippen LogP contribution is -3.09. The average molecular weight is 755 g/mol. The van der Waals surface area contributed by atoms with Crippen LogP contribution >= 0.6 is 0 Å². The number of nitrogens with one attached hydrogen (secondary N) is 3. The number of hydrogen-bond donors (Lipinski definition) is 11. The quantitative estimate of drug-likeness (QED) is 0.0251. The molecule has 4 rings (SSSR count). The third kappa shape index (κ3) is 9.51. The summed E-state index contributed by atoms with van der Waals surface area (Å²) < 4.78 is 28.8. The van der Waals surface area contributed by atoms with Crippen molar-refractivity contribution in [1.29, 1.82) is 0 Å². The van der Waals surface area contributed by atoms with Crippen LogP contribution in [-0.4, -0.2) is 149 Å². The van der Waals surface area contributed by atoms with E-state index >= 15 is 0 Å². The van der Waals surface area contributed by atoms with Crippen LogP contribution in [0.2, 0.25) is 0 Å². The summed E-state index contributed by atoms with van der Waals surface area (Å²) in [5, 5.41) is 79.9. The molecule has 0 bridgehead atoms. The van der Waals surface area contributed by atoms with Crippen LogP contribution in [-0.2, 0) is 33.3 Å². The topological polar surface area (TPSA) is 289 Å². The highest BCUT2D eigenvalue weighted by Gasteiger charge is 2.58. The smallest absolute Gasteiger partial charge is 0.340 e. The molecule has 0 aromatic heterocycles. The minimum atomic E-state index is -3.00. The van der Waals surface area contributed by atoms with Gasteiger partial charge in [0.2, 0.25) is 12.1 Å². The highest BCUT2D eigenvalue weighted by Crippen LogP contribution is 2.41. The predicted octanol–water partition coefficient (Wildman–Crippen LogP) is -3.82. The molecular formula is C34H52N5O14+. The lowest BCUT2D eigenvalue weighted by Gasteiger charge is -2.48. The van der Waals surface area contributed by atoms with E-state index in [9.17, 15) is 45.3 Å². The van der Waals surface area contributed by atoms with Gasteiger partial charge >= 0.3 is 11.9 Å². The number of carbonyl (C=O) groups excluding carboxylic acids is 1. The molecule has 296 valence electrons. The van der Waals surface area contributed by atoms with Gasteiger partial charge in [0, 0.05) is 7.05 Å². The largest absolute Gasteiger partial charge is 0.478 e. The number of aliphatic imine (C=N–C) groups is 1. The number of hydrogen-bond acceptors (Lipinski definition) is 15. The van der Waals surface area contributed by atoms with Crippen LogP contribution in [0.3, 0.4) is 0 Å². The molecule has 12 N–H and O–H groups in total. The number of carboxylic acids is 1. The summed E-state index contributed by atoms with van der Waals surface area (Å²) in [6, 6.07) is 0. The minimum absolute atomic E-state index is 0.0341. The number of esters is 1. The second-order valence-corrected chi connectivity index (χ2v) is 13.1. The van der Waals surface area contributed by atoms with Crippen LogP contribution in [0.25, 0.3) is 0 Å². The molecule has 0 aromatic rings. The summed E-state index contributed by atoms with van der Waals surface area (Å²) in [5.41, 5.74) is 3.36. The average Bonchev–Trinajstić information content (AvgIpc) is 3.13. The van der Waals surface area contributed by atoms with Crippen molar-refractivity contribution in [2.24, 2.45) is 16.6 Å². The Bertz CT molecular complexity index is 1470. The molecule has 2 fully saturated rings. The number of guanidine groups is 1. The Labute approximate surface area is 306 Å². The molecule has 19 heteroatoms. The van der Waals surface area contributed by atoms with E-state index in [1.54, 1.807) is 6.20 Å². The fourth-order valence-corrected chi connectivity index (χ4v) is 6.63. The van der Waals surface area contributed by atoms with E-state index in [-0.39, 0.29) is 54.8 Å². The Hall–Kier alpha value is -3.73. The molecule has 3 aliphatic heterocycles. The standard InChI is InChI=1S/C34H51N5O14/c1-4-22-30(53-31-27(50-18-36-2)34(47,48)26(42)24(16-41)52-31)49-17-23(29(45)51-20-8-6-5-7-9-20)33(22,46)11-10-19-14-39(12-13-40)15-21(28(43)44)25(19)38-32(35)37-3/h4,10-11,14,17,20,22,24,26-27,30-31,36,40-42,46-48H,1,5-9,12-13,15-16,18H2,2-3H3,(H,43,44)(H3,35,37,38)/p+1. The molecule has 0 amide bonds. The molecule has 0 spiro atoms. The van der Waals surface area contributed by atoms with Crippen molar-refractivity contribution in [3.05, 3.63) is 59.7 Å². The number of nitrogens with zero attached hydrogens (tertiary/aromatic N) is 1. The summed E-state index contributed by atoms with van der Waals surface area (Å²) >= 11 is 0. The van der Waals surface area contributed by atoms with Gasteiger partial charge in [-0.3, -0.25) is 10.3 Å². The number of nitrogens with two attached hydrogens (primary N) is 1. The van der Waals surface area contributed by atoms with Crippen molar-refractivity contribution >= 4 is 17.9 Å². The summed E-state index contributed by atoms with van der Waals surface area (Å²) in [5.74, 6) is -6.67. The summed E-state index contributed by atoms with van der Waals surface area (Å²) in [6.07, 6.45) is 1.14. The van der Waals surface area contributed by atoms with E-state index in [2.05, 4.69) is 22.2 Å². The van der Waals surface area contributed by atoms with E-state index in [0.29, 0.717) is 17.7 Å². The molecular weight excluding hydrogens is 702 g/mol. The van der Waals surface area contributed by atoms with Crippen molar-refractivity contribution in [3.8, 4) is 0 Å². The highest BCUT2D eigenvalue weighted by molar-refractivity contribution is 5.93. The number of quaternary nitrogens is 1. The van der Waals surface area contributed by atoms with Crippen molar-refractivity contribution in [1.82, 2.24) is 10.6 Å². The maximum atomic E-state index is 13.8. The molecule has 53 heavy (non-hydrogen) atoms. The molecule has 1 saturated carbocycles. The fraction of sp³-hybridized carbons (Fsp3) is 0.618. The minimum Gasteiger partial charge on any atom is -0.478 e. The van der Waals surface area contributed by atoms with Gasteiger partial charge in [0.05, 0.1) is 37.1 Å². The molecule has 1 saturated heterocycles. The van der Waals surface area contributed by atoms with E-state index in [1.807, 2.05) is 0 Å². The van der Waals surface area contributed by atoms with Gasteiger partial charge in [-0.25, -0.2) is 9.59 Å². The molecule has 3 heterocycles. The number of rotatable bonds is 15. The van der Waals surface area contributed by atoms with Gasteiger partial charge in [-0.05, 0) is 44.9 Å². The summed E-state index contributed by atoms with van der Waals surface area (Å²) in [7, 11) is 2.91. The maximum absolute atomic E-state index is 13.8. The molecule has 8 atom stereocenters. The molecule has 19 nitrogen and oxygen atoms in total. The van der Waals surface area contributed by atoms with Crippen LogP contribution in [0, 0.1) is 5.92 Å². The van der Waals surface area contributed by atoms with Gasteiger partial charge in [0.1, 0.15) is 60.6 Å².